The van der Waals surface area contributed by atoms with Gasteiger partial charge >= 0.3 is 0 Å². The summed E-state index contributed by atoms with van der Waals surface area (Å²) >= 11 is 3.50. The zero-order valence-electron chi connectivity index (χ0n) is 15.8. The lowest BCUT2D eigenvalue weighted by atomic mass is 10.1. The number of hydrogen-bond acceptors (Lipinski definition) is 3. The van der Waals surface area contributed by atoms with E-state index in [1.807, 2.05) is 50.2 Å². The first-order valence-electron chi connectivity index (χ1n) is 9.38. The summed E-state index contributed by atoms with van der Waals surface area (Å²) in [7, 11) is 0. The molecule has 0 fully saturated rings. The molecule has 0 aliphatic carbocycles. The summed E-state index contributed by atoms with van der Waals surface area (Å²) in [6.45, 7) is 5.09. The van der Waals surface area contributed by atoms with Crippen LogP contribution in [0, 0.1) is 0 Å². The van der Waals surface area contributed by atoms with Crippen molar-refractivity contribution in [3.63, 3.8) is 0 Å². The predicted octanol–water partition coefficient (Wildman–Crippen LogP) is 4.48. The van der Waals surface area contributed by atoms with Crippen molar-refractivity contribution in [1.29, 1.82) is 0 Å². The summed E-state index contributed by atoms with van der Waals surface area (Å²) in [6, 6.07) is 13.1. The fourth-order valence-electron chi connectivity index (χ4n) is 3.64. The number of hydrogen-bond donors (Lipinski definition) is 0. The molecule has 142 valence electrons. The highest BCUT2D eigenvalue weighted by Gasteiger charge is 2.32. The second kappa shape index (κ2) is 7.36. The highest BCUT2D eigenvalue weighted by atomic mass is 79.9. The highest BCUT2D eigenvalue weighted by Crippen LogP contribution is 2.39. The van der Waals surface area contributed by atoms with Crippen LogP contribution in [0.15, 0.2) is 51.7 Å². The zero-order valence-corrected chi connectivity index (χ0v) is 17.4. The van der Waals surface area contributed by atoms with Crippen molar-refractivity contribution in [3.05, 3.63) is 68.7 Å². The van der Waals surface area contributed by atoms with E-state index in [1.165, 1.54) is 0 Å². The molecule has 2 heterocycles. The molecule has 4 rings (SSSR count). The lowest BCUT2D eigenvalue weighted by molar-refractivity contribution is -0.113. The molecule has 0 unspecified atom stereocenters. The van der Waals surface area contributed by atoms with Crippen molar-refractivity contribution in [3.8, 4) is 0 Å². The number of nitrogens with zero attached hydrogens (tertiary/aromatic N) is 3. The molecule has 0 saturated heterocycles. The number of fused-ring (bicyclic) bond motifs is 2. The molecule has 2 aromatic carbocycles. The van der Waals surface area contributed by atoms with E-state index in [2.05, 4.69) is 20.9 Å². The summed E-state index contributed by atoms with van der Waals surface area (Å²) in [5.74, 6) is 0.443. The van der Waals surface area contributed by atoms with Gasteiger partial charge in [-0.3, -0.25) is 14.2 Å². The van der Waals surface area contributed by atoms with Crippen molar-refractivity contribution in [2.75, 3.05) is 11.4 Å². The van der Waals surface area contributed by atoms with Gasteiger partial charge in [-0.2, -0.15) is 0 Å². The Morgan fingerprint density at radius 2 is 1.89 bits per heavy atom. The molecule has 0 spiro atoms. The molecule has 1 aliphatic heterocycles. The lowest BCUT2D eigenvalue weighted by Crippen LogP contribution is -2.27. The van der Waals surface area contributed by atoms with Gasteiger partial charge in [-0.15, -0.1) is 0 Å². The summed E-state index contributed by atoms with van der Waals surface area (Å²) < 4.78 is 2.52. The Kier molecular flexibility index (Phi) is 4.89. The maximum atomic E-state index is 13.1. The van der Waals surface area contributed by atoms with Crippen LogP contribution in [0.1, 0.15) is 31.7 Å². The summed E-state index contributed by atoms with van der Waals surface area (Å²) in [5, 5.41) is 0.583. The van der Waals surface area contributed by atoms with Gasteiger partial charge in [0.1, 0.15) is 5.82 Å². The molecule has 5 nitrogen and oxygen atoms in total. The third kappa shape index (κ3) is 2.98. The number of carbonyl (C=O) groups excluding carboxylic acids is 1. The Labute approximate surface area is 171 Å². The Morgan fingerprint density at radius 1 is 1.11 bits per heavy atom. The molecule has 6 heteroatoms. The van der Waals surface area contributed by atoms with Crippen LogP contribution in [-0.4, -0.2) is 22.0 Å². The Morgan fingerprint density at radius 3 is 2.64 bits per heavy atom. The molecule has 1 aromatic heterocycles. The largest absolute Gasteiger partial charge is 0.308 e. The van der Waals surface area contributed by atoms with E-state index < -0.39 is 0 Å². The number of halogens is 1. The van der Waals surface area contributed by atoms with Crippen LogP contribution in [0.4, 0.5) is 5.69 Å². The molecule has 0 saturated carbocycles. The van der Waals surface area contributed by atoms with E-state index in [0.29, 0.717) is 35.4 Å². The van der Waals surface area contributed by atoms with Crippen molar-refractivity contribution in [1.82, 2.24) is 9.55 Å². The number of anilines is 1. The van der Waals surface area contributed by atoms with Crippen molar-refractivity contribution >= 4 is 50.1 Å². The van der Waals surface area contributed by atoms with Gasteiger partial charge in [0, 0.05) is 23.1 Å². The van der Waals surface area contributed by atoms with E-state index in [1.54, 1.807) is 21.6 Å². The first-order valence-corrected chi connectivity index (χ1v) is 10.2. The standard InChI is InChI=1S/C22H20BrN3O2/c1-3-11-26-19-10-9-14(23)12-16(19)17(22(26)28)13-20-24-18-8-6-5-7-15(18)21(27)25(20)4-2/h5-10,12-13H,3-4,11H2,1-2H3/b17-13+. The molecule has 0 radical (unpaired) electrons. The van der Waals surface area contributed by atoms with E-state index >= 15 is 0 Å². The quantitative estimate of drug-likeness (QED) is 0.565. The zero-order chi connectivity index (χ0) is 19.8. The van der Waals surface area contributed by atoms with Gasteiger partial charge in [-0.25, -0.2) is 4.98 Å². The fourth-order valence-corrected chi connectivity index (χ4v) is 4.01. The first kappa shape index (κ1) is 18.6. The average Bonchev–Trinajstić information content (AvgIpc) is 2.94. The van der Waals surface area contributed by atoms with Gasteiger partial charge in [0.2, 0.25) is 0 Å². The van der Waals surface area contributed by atoms with Crippen LogP contribution in [0.3, 0.4) is 0 Å². The summed E-state index contributed by atoms with van der Waals surface area (Å²) in [5.41, 5.74) is 2.86. The Hall–Kier alpha value is -2.73. The lowest BCUT2D eigenvalue weighted by Gasteiger charge is -2.15. The van der Waals surface area contributed by atoms with E-state index in [0.717, 1.165) is 22.1 Å². The highest BCUT2D eigenvalue weighted by molar-refractivity contribution is 9.10. The molecule has 0 atom stereocenters. The van der Waals surface area contributed by atoms with Crippen molar-refractivity contribution < 1.29 is 4.79 Å². The van der Waals surface area contributed by atoms with Crippen LogP contribution in [-0.2, 0) is 11.3 Å². The van der Waals surface area contributed by atoms with Crippen LogP contribution in [0.2, 0.25) is 0 Å². The minimum atomic E-state index is -0.0923. The normalized spacial score (nSPS) is 14.9. The SMILES string of the molecule is CCCN1C(=O)/C(=C/c2nc3ccccc3c(=O)n2CC)c2cc(Br)ccc21. The maximum Gasteiger partial charge on any atom is 0.261 e. The first-order chi connectivity index (χ1) is 13.5. The summed E-state index contributed by atoms with van der Waals surface area (Å²) in [6.07, 6.45) is 2.61. The molecular formula is C22H20BrN3O2. The monoisotopic (exact) mass is 437 g/mol. The van der Waals surface area contributed by atoms with Gasteiger partial charge in [-0.1, -0.05) is 35.0 Å². The van der Waals surface area contributed by atoms with E-state index in [4.69, 9.17) is 0 Å². The topological polar surface area (TPSA) is 55.2 Å². The maximum absolute atomic E-state index is 13.1. The van der Waals surface area contributed by atoms with Gasteiger partial charge in [0.25, 0.3) is 11.5 Å². The van der Waals surface area contributed by atoms with Crippen LogP contribution in [0.5, 0.6) is 0 Å². The predicted molar refractivity (Wildman–Crippen MR) is 116 cm³/mol. The Bertz CT molecular complexity index is 1180. The van der Waals surface area contributed by atoms with E-state index in [-0.39, 0.29) is 11.5 Å². The minimum absolute atomic E-state index is 0.0555. The van der Waals surface area contributed by atoms with Crippen LogP contribution in [0.25, 0.3) is 22.6 Å². The average molecular weight is 438 g/mol. The van der Waals surface area contributed by atoms with Crippen molar-refractivity contribution in [2.45, 2.75) is 26.8 Å². The minimum Gasteiger partial charge on any atom is -0.308 e. The fraction of sp³-hybridized carbons (Fsp3) is 0.227. The Balaban J connectivity index is 1.96. The van der Waals surface area contributed by atoms with Gasteiger partial charge in [0.05, 0.1) is 22.2 Å². The molecule has 1 amide bonds. The number of aromatic nitrogens is 2. The molecule has 3 aromatic rings. The molecule has 0 bridgehead atoms. The molecule has 28 heavy (non-hydrogen) atoms. The van der Waals surface area contributed by atoms with Crippen LogP contribution >= 0.6 is 15.9 Å². The molecule has 0 N–H and O–H groups in total. The second-order valence-corrected chi connectivity index (χ2v) is 7.63. The third-order valence-electron chi connectivity index (χ3n) is 4.94. The summed E-state index contributed by atoms with van der Waals surface area (Å²) in [4.78, 5) is 32.5. The number of amides is 1. The number of para-hydroxylation sites is 1. The van der Waals surface area contributed by atoms with Gasteiger partial charge in [0.15, 0.2) is 0 Å². The van der Waals surface area contributed by atoms with Crippen LogP contribution < -0.4 is 10.5 Å². The molecule has 1 aliphatic rings. The van der Waals surface area contributed by atoms with Gasteiger partial charge in [-0.05, 0) is 49.8 Å². The van der Waals surface area contributed by atoms with Crippen molar-refractivity contribution in [2.24, 2.45) is 0 Å². The molecular weight excluding hydrogens is 418 g/mol. The number of rotatable bonds is 4. The third-order valence-corrected chi connectivity index (χ3v) is 5.44. The second-order valence-electron chi connectivity index (χ2n) is 6.71. The number of benzene rings is 2. The smallest absolute Gasteiger partial charge is 0.261 e. The van der Waals surface area contributed by atoms with E-state index in [9.17, 15) is 9.59 Å². The van der Waals surface area contributed by atoms with Gasteiger partial charge < -0.3 is 4.90 Å². The number of carbonyl (C=O) groups is 1.